The lowest BCUT2D eigenvalue weighted by atomic mass is 9.86. The van der Waals surface area contributed by atoms with Gasteiger partial charge in [-0.15, -0.1) is 0 Å². The van der Waals surface area contributed by atoms with Gasteiger partial charge in [-0.3, -0.25) is 9.59 Å². The Morgan fingerprint density at radius 2 is 1.69 bits per heavy atom. The molecule has 0 bridgehead atoms. The maximum Gasteiger partial charge on any atom is 0.242 e. The van der Waals surface area contributed by atoms with Gasteiger partial charge < -0.3 is 10.2 Å². The molecule has 0 aliphatic carbocycles. The predicted octanol–water partition coefficient (Wildman–Crippen LogP) is 5.90. The van der Waals surface area contributed by atoms with Gasteiger partial charge in [0.15, 0.2) is 0 Å². The molecule has 0 radical (unpaired) electrons. The van der Waals surface area contributed by atoms with Gasteiger partial charge in [0, 0.05) is 24.5 Å². The third kappa shape index (κ3) is 7.37. The maximum atomic E-state index is 13.3. The van der Waals surface area contributed by atoms with Crippen LogP contribution in [-0.4, -0.2) is 29.3 Å². The molecule has 5 heteroatoms. The largest absolute Gasteiger partial charge is 0.354 e. The average molecular weight is 457 g/mol. The molecule has 0 aliphatic heterocycles. The highest BCUT2D eigenvalue weighted by atomic mass is 35.5. The van der Waals surface area contributed by atoms with Crippen LogP contribution in [0.3, 0.4) is 0 Å². The number of halogens is 1. The minimum absolute atomic E-state index is 0.0386. The van der Waals surface area contributed by atoms with Gasteiger partial charge in [0.05, 0.1) is 0 Å². The first-order valence-electron chi connectivity index (χ1n) is 11.6. The SMILES string of the molecule is CCCNC(=O)[C@H](CC)N(Cc1ccccc1Cl)C(=O)CCc1ccc(C(C)(C)C)cc1. The van der Waals surface area contributed by atoms with Crippen LogP contribution >= 0.6 is 11.6 Å². The van der Waals surface area contributed by atoms with E-state index in [4.69, 9.17) is 11.6 Å². The van der Waals surface area contributed by atoms with Gasteiger partial charge in [0.1, 0.15) is 6.04 Å². The van der Waals surface area contributed by atoms with Gasteiger partial charge >= 0.3 is 0 Å². The van der Waals surface area contributed by atoms with Crippen LogP contribution < -0.4 is 5.32 Å². The first-order chi connectivity index (χ1) is 15.2. The summed E-state index contributed by atoms with van der Waals surface area (Å²) in [5.74, 6) is -0.146. The molecule has 1 atom stereocenters. The Balaban J connectivity index is 2.18. The molecule has 0 saturated carbocycles. The third-order valence-electron chi connectivity index (χ3n) is 5.68. The average Bonchev–Trinajstić information content (AvgIpc) is 2.76. The molecule has 2 rings (SSSR count). The zero-order chi connectivity index (χ0) is 23.7. The van der Waals surface area contributed by atoms with E-state index in [2.05, 4.69) is 50.4 Å². The summed E-state index contributed by atoms with van der Waals surface area (Å²) in [4.78, 5) is 27.9. The number of carbonyl (C=O) groups is 2. The van der Waals surface area contributed by atoms with E-state index in [0.29, 0.717) is 37.4 Å². The van der Waals surface area contributed by atoms with Crippen molar-refractivity contribution < 1.29 is 9.59 Å². The molecule has 0 aromatic heterocycles. The fourth-order valence-corrected chi connectivity index (χ4v) is 3.86. The second kappa shape index (κ2) is 12.1. The summed E-state index contributed by atoms with van der Waals surface area (Å²) in [6, 6.07) is 15.4. The van der Waals surface area contributed by atoms with Crippen molar-refractivity contribution in [1.29, 1.82) is 0 Å². The number of benzene rings is 2. The lowest BCUT2D eigenvalue weighted by Crippen LogP contribution is -2.49. The Kier molecular flexibility index (Phi) is 9.77. The molecule has 0 spiro atoms. The Morgan fingerprint density at radius 3 is 2.25 bits per heavy atom. The van der Waals surface area contributed by atoms with E-state index in [-0.39, 0.29) is 17.2 Å². The Morgan fingerprint density at radius 1 is 1.03 bits per heavy atom. The molecule has 2 aromatic carbocycles. The van der Waals surface area contributed by atoms with Gasteiger partial charge in [0.25, 0.3) is 0 Å². The molecule has 4 nitrogen and oxygen atoms in total. The van der Waals surface area contributed by atoms with Crippen molar-refractivity contribution in [3.63, 3.8) is 0 Å². The highest BCUT2D eigenvalue weighted by Gasteiger charge is 2.28. The standard InChI is InChI=1S/C27H37ClN2O2/c1-6-18-29-26(32)24(7-2)30(19-21-10-8-9-11-23(21)28)25(31)17-14-20-12-15-22(16-13-20)27(3,4)5/h8-13,15-16,24H,6-7,14,17-19H2,1-5H3,(H,29,32)/t24-/m0/s1. The molecule has 0 saturated heterocycles. The van der Waals surface area contributed by atoms with Crippen molar-refractivity contribution >= 4 is 23.4 Å². The summed E-state index contributed by atoms with van der Waals surface area (Å²) in [5.41, 5.74) is 3.33. The first-order valence-corrected chi connectivity index (χ1v) is 11.9. The monoisotopic (exact) mass is 456 g/mol. The smallest absolute Gasteiger partial charge is 0.242 e. The normalized spacial score (nSPS) is 12.3. The highest BCUT2D eigenvalue weighted by Crippen LogP contribution is 2.23. The van der Waals surface area contributed by atoms with Crippen LogP contribution in [0.15, 0.2) is 48.5 Å². The second-order valence-corrected chi connectivity index (χ2v) is 9.68. The number of rotatable bonds is 10. The predicted molar refractivity (Wildman–Crippen MR) is 133 cm³/mol. The number of carbonyl (C=O) groups excluding carboxylic acids is 2. The van der Waals surface area contributed by atoms with E-state index < -0.39 is 6.04 Å². The molecular weight excluding hydrogens is 420 g/mol. The summed E-state index contributed by atoms with van der Waals surface area (Å²) < 4.78 is 0. The Bertz CT molecular complexity index is 887. The van der Waals surface area contributed by atoms with Gasteiger partial charge in [-0.05, 0) is 47.4 Å². The van der Waals surface area contributed by atoms with Crippen LogP contribution in [0.1, 0.15) is 70.6 Å². The molecule has 0 aliphatic rings. The van der Waals surface area contributed by atoms with E-state index in [0.717, 1.165) is 17.5 Å². The van der Waals surface area contributed by atoms with Gasteiger partial charge in [0.2, 0.25) is 11.8 Å². The van der Waals surface area contributed by atoms with Crippen LogP contribution in [0.5, 0.6) is 0 Å². The van der Waals surface area contributed by atoms with Gasteiger partial charge in [-0.2, -0.15) is 0 Å². The fourth-order valence-electron chi connectivity index (χ4n) is 3.66. The summed E-state index contributed by atoms with van der Waals surface area (Å²) >= 11 is 6.37. The number of hydrogen-bond acceptors (Lipinski definition) is 2. The van der Waals surface area contributed by atoms with E-state index in [1.54, 1.807) is 4.90 Å². The molecule has 1 N–H and O–H groups in total. The van der Waals surface area contributed by atoms with Crippen molar-refractivity contribution in [2.75, 3.05) is 6.54 Å². The molecule has 2 amide bonds. The number of nitrogens with one attached hydrogen (secondary N) is 1. The molecule has 32 heavy (non-hydrogen) atoms. The van der Waals surface area contributed by atoms with Crippen molar-refractivity contribution in [2.45, 2.75) is 78.3 Å². The molecule has 2 aromatic rings. The van der Waals surface area contributed by atoms with Gasteiger partial charge in [-0.25, -0.2) is 0 Å². The lowest BCUT2D eigenvalue weighted by molar-refractivity contribution is -0.141. The summed E-state index contributed by atoms with van der Waals surface area (Å²) in [6.07, 6.45) is 2.38. The molecule has 0 unspecified atom stereocenters. The number of nitrogens with zero attached hydrogens (tertiary/aromatic N) is 1. The molecule has 0 heterocycles. The van der Waals surface area contributed by atoms with E-state index in [1.165, 1.54) is 5.56 Å². The van der Waals surface area contributed by atoms with Gasteiger partial charge in [-0.1, -0.05) is 88.7 Å². The summed E-state index contributed by atoms with van der Waals surface area (Å²) in [5, 5.41) is 3.55. The van der Waals surface area contributed by atoms with Crippen LogP contribution in [0, 0.1) is 0 Å². The number of amides is 2. The Labute approximate surface area is 198 Å². The molecular formula is C27H37ClN2O2. The van der Waals surface area contributed by atoms with Crippen molar-refractivity contribution in [3.05, 3.63) is 70.2 Å². The van der Waals surface area contributed by atoms with Crippen LogP contribution in [-0.2, 0) is 28.0 Å². The number of hydrogen-bond donors (Lipinski definition) is 1. The van der Waals surface area contributed by atoms with E-state index in [1.807, 2.05) is 38.1 Å². The highest BCUT2D eigenvalue weighted by molar-refractivity contribution is 6.31. The lowest BCUT2D eigenvalue weighted by Gasteiger charge is -2.31. The minimum atomic E-state index is -0.520. The van der Waals surface area contributed by atoms with E-state index in [9.17, 15) is 9.59 Å². The fraction of sp³-hybridized carbons (Fsp3) is 0.481. The quantitative estimate of drug-likeness (QED) is 0.483. The van der Waals surface area contributed by atoms with Crippen LogP contribution in [0.2, 0.25) is 5.02 Å². The topological polar surface area (TPSA) is 49.4 Å². The maximum absolute atomic E-state index is 13.3. The molecule has 174 valence electrons. The van der Waals surface area contributed by atoms with Crippen LogP contribution in [0.4, 0.5) is 0 Å². The zero-order valence-corrected chi connectivity index (χ0v) is 20.8. The van der Waals surface area contributed by atoms with Crippen LogP contribution in [0.25, 0.3) is 0 Å². The van der Waals surface area contributed by atoms with Crippen molar-refractivity contribution in [1.82, 2.24) is 10.2 Å². The Hall–Kier alpha value is -2.33. The second-order valence-electron chi connectivity index (χ2n) is 9.28. The zero-order valence-electron chi connectivity index (χ0n) is 20.1. The third-order valence-corrected chi connectivity index (χ3v) is 6.05. The van der Waals surface area contributed by atoms with Crippen molar-refractivity contribution in [3.8, 4) is 0 Å². The molecule has 0 fully saturated rings. The summed E-state index contributed by atoms with van der Waals surface area (Å²) in [7, 11) is 0. The summed E-state index contributed by atoms with van der Waals surface area (Å²) in [6.45, 7) is 11.4. The minimum Gasteiger partial charge on any atom is -0.354 e. The number of aryl methyl sites for hydroxylation is 1. The van der Waals surface area contributed by atoms with Crippen molar-refractivity contribution in [2.24, 2.45) is 0 Å². The first kappa shape index (κ1) is 25.9. The van der Waals surface area contributed by atoms with E-state index >= 15 is 0 Å².